The van der Waals surface area contributed by atoms with Gasteiger partial charge in [-0.05, 0) is 48.7 Å². The van der Waals surface area contributed by atoms with E-state index in [1.54, 1.807) is 30.3 Å². The van der Waals surface area contributed by atoms with Crippen LogP contribution in [-0.4, -0.2) is 44.0 Å². The number of carbonyl (C=O) groups is 1. The van der Waals surface area contributed by atoms with Gasteiger partial charge in [0.1, 0.15) is 0 Å². The molecule has 1 amide bonds. The van der Waals surface area contributed by atoms with Gasteiger partial charge in [0.05, 0.1) is 29.0 Å². The minimum Gasteiger partial charge on any atom is -0.493 e. The fraction of sp³-hybridized carbons (Fsp3) is 0.200. The molecule has 28 heavy (non-hydrogen) atoms. The van der Waals surface area contributed by atoms with Gasteiger partial charge in [-0.3, -0.25) is 4.79 Å². The average Bonchev–Trinajstić information content (AvgIpc) is 3.09. The number of aromatic nitrogens is 3. The van der Waals surface area contributed by atoms with E-state index in [-0.39, 0.29) is 18.4 Å². The van der Waals surface area contributed by atoms with E-state index < -0.39 is 0 Å². The highest BCUT2D eigenvalue weighted by Gasteiger charge is 2.16. The van der Waals surface area contributed by atoms with Gasteiger partial charge in [0.25, 0.3) is 5.91 Å². The number of carbonyl (C=O) groups excluding carboxylic acids is 1. The van der Waals surface area contributed by atoms with Gasteiger partial charge >= 0.3 is 0 Å². The van der Waals surface area contributed by atoms with Crippen molar-refractivity contribution in [2.45, 2.75) is 13.3 Å². The minimum absolute atomic E-state index is 0.0110. The third kappa shape index (κ3) is 3.84. The Kier molecular flexibility index (Phi) is 5.67. The average molecular weight is 377 g/mol. The number of amides is 1. The summed E-state index contributed by atoms with van der Waals surface area (Å²) in [5.74, 6) is -0.00602. The first kappa shape index (κ1) is 19.1. The summed E-state index contributed by atoms with van der Waals surface area (Å²) in [5, 5.41) is 35.2. The molecule has 0 saturated heterocycles. The molecule has 0 aliphatic carbocycles. The predicted octanol–water partition coefficient (Wildman–Crippen LogP) is 1.93. The number of nitriles is 1. The highest BCUT2D eigenvalue weighted by molar-refractivity contribution is 5.93. The van der Waals surface area contributed by atoms with Gasteiger partial charge in [0, 0.05) is 19.3 Å². The molecule has 3 rings (SSSR count). The molecule has 8 heteroatoms. The monoisotopic (exact) mass is 377 g/mol. The maximum absolute atomic E-state index is 12.0. The molecule has 0 aliphatic heterocycles. The summed E-state index contributed by atoms with van der Waals surface area (Å²) in [4.78, 5) is 16.2. The van der Waals surface area contributed by atoms with Crippen molar-refractivity contribution in [2.24, 2.45) is 0 Å². The molecule has 0 bridgehead atoms. The SMILES string of the molecule is Cc1cc(C#N)ccc1-c1cnn(-c2ccc(C(=O)NCCCO)cn2)c1O. The van der Waals surface area contributed by atoms with Crippen molar-refractivity contribution in [2.75, 3.05) is 13.2 Å². The number of benzene rings is 1. The molecule has 3 N–H and O–H groups in total. The lowest BCUT2D eigenvalue weighted by Crippen LogP contribution is -2.25. The van der Waals surface area contributed by atoms with Crippen LogP contribution in [0.5, 0.6) is 5.88 Å². The van der Waals surface area contributed by atoms with Crippen molar-refractivity contribution in [1.29, 1.82) is 5.26 Å². The number of hydrogen-bond acceptors (Lipinski definition) is 6. The second-order valence-corrected chi connectivity index (χ2v) is 6.17. The molecule has 3 aromatic rings. The smallest absolute Gasteiger partial charge is 0.252 e. The van der Waals surface area contributed by atoms with Gasteiger partial charge in [0.2, 0.25) is 5.88 Å². The van der Waals surface area contributed by atoms with Gasteiger partial charge in [-0.25, -0.2) is 4.98 Å². The Balaban J connectivity index is 1.84. The summed E-state index contributed by atoms with van der Waals surface area (Å²) >= 11 is 0. The first-order valence-corrected chi connectivity index (χ1v) is 8.68. The van der Waals surface area contributed by atoms with Gasteiger partial charge in [-0.2, -0.15) is 15.0 Å². The molecule has 2 heterocycles. The Bertz CT molecular complexity index is 1030. The first-order chi connectivity index (χ1) is 13.5. The number of aromatic hydroxyl groups is 1. The third-order valence-corrected chi connectivity index (χ3v) is 4.24. The summed E-state index contributed by atoms with van der Waals surface area (Å²) < 4.78 is 1.28. The summed E-state index contributed by atoms with van der Waals surface area (Å²) in [7, 11) is 0. The molecule has 142 valence electrons. The number of hydrogen-bond donors (Lipinski definition) is 3. The molecule has 0 unspecified atom stereocenters. The lowest BCUT2D eigenvalue weighted by Gasteiger charge is -2.07. The summed E-state index contributed by atoms with van der Waals surface area (Å²) in [5.41, 5.74) is 3.05. The van der Waals surface area contributed by atoms with Crippen LogP contribution < -0.4 is 5.32 Å². The molecule has 1 aromatic carbocycles. The Labute approximate surface area is 161 Å². The fourth-order valence-corrected chi connectivity index (χ4v) is 2.76. The molecule has 2 aromatic heterocycles. The van der Waals surface area contributed by atoms with Crippen molar-refractivity contribution in [3.05, 3.63) is 59.4 Å². The molecule has 0 radical (unpaired) electrons. The summed E-state index contributed by atoms with van der Waals surface area (Å²) in [6, 6.07) is 10.5. The van der Waals surface area contributed by atoms with Crippen LogP contribution in [0.4, 0.5) is 0 Å². The van der Waals surface area contributed by atoms with Crippen molar-refractivity contribution in [1.82, 2.24) is 20.1 Å². The molecular formula is C20H19N5O3. The van der Waals surface area contributed by atoms with Crippen molar-refractivity contribution in [3.8, 4) is 28.9 Å². The van der Waals surface area contributed by atoms with Gasteiger partial charge in [0.15, 0.2) is 5.82 Å². The second-order valence-electron chi connectivity index (χ2n) is 6.17. The molecule has 8 nitrogen and oxygen atoms in total. The zero-order chi connectivity index (χ0) is 20.1. The van der Waals surface area contributed by atoms with Crippen LogP contribution in [0.2, 0.25) is 0 Å². The Morgan fingerprint density at radius 2 is 2.07 bits per heavy atom. The number of aryl methyl sites for hydroxylation is 1. The number of nitrogens with zero attached hydrogens (tertiary/aromatic N) is 4. The van der Waals surface area contributed by atoms with E-state index in [1.807, 2.05) is 6.92 Å². The quantitative estimate of drug-likeness (QED) is 0.564. The van der Waals surface area contributed by atoms with Crippen LogP contribution in [0, 0.1) is 18.3 Å². The van der Waals surface area contributed by atoms with Crippen LogP contribution in [0.1, 0.15) is 27.9 Å². The number of nitrogens with one attached hydrogen (secondary N) is 1. The number of pyridine rings is 1. The molecule has 0 fully saturated rings. The Morgan fingerprint density at radius 1 is 1.25 bits per heavy atom. The normalized spacial score (nSPS) is 10.5. The van der Waals surface area contributed by atoms with E-state index >= 15 is 0 Å². The molecule has 0 aliphatic rings. The standard InChI is InChI=1S/C20H19N5O3/c1-13-9-14(10-21)3-5-16(13)17-12-24-25(20(17)28)18-6-4-15(11-23-18)19(27)22-7-2-8-26/h3-6,9,11-12,26,28H,2,7-8H2,1H3,(H,22,27). The van der Waals surface area contributed by atoms with Gasteiger partial charge < -0.3 is 15.5 Å². The van der Waals surface area contributed by atoms with E-state index in [4.69, 9.17) is 10.4 Å². The largest absolute Gasteiger partial charge is 0.493 e. The zero-order valence-electron chi connectivity index (χ0n) is 15.3. The van der Waals surface area contributed by atoms with Crippen molar-refractivity contribution < 1.29 is 15.0 Å². The van der Waals surface area contributed by atoms with E-state index in [9.17, 15) is 9.90 Å². The highest BCUT2D eigenvalue weighted by Crippen LogP contribution is 2.32. The topological polar surface area (TPSA) is 124 Å². The van der Waals surface area contributed by atoms with Crippen LogP contribution in [-0.2, 0) is 0 Å². The predicted molar refractivity (Wildman–Crippen MR) is 102 cm³/mol. The number of rotatable bonds is 6. The Morgan fingerprint density at radius 3 is 2.71 bits per heavy atom. The Hall–Kier alpha value is -3.70. The van der Waals surface area contributed by atoms with Crippen LogP contribution in [0.15, 0.2) is 42.7 Å². The van der Waals surface area contributed by atoms with Gasteiger partial charge in [-0.15, -0.1) is 0 Å². The maximum atomic E-state index is 12.0. The van der Waals surface area contributed by atoms with E-state index in [0.29, 0.717) is 35.5 Å². The number of aliphatic hydroxyl groups excluding tert-OH is 1. The molecule has 0 saturated carbocycles. The van der Waals surface area contributed by atoms with E-state index in [1.165, 1.54) is 17.1 Å². The molecule has 0 spiro atoms. The zero-order valence-corrected chi connectivity index (χ0v) is 15.3. The van der Waals surface area contributed by atoms with Crippen molar-refractivity contribution in [3.63, 3.8) is 0 Å². The minimum atomic E-state index is -0.286. The first-order valence-electron chi connectivity index (χ1n) is 8.68. The lowest BCUT2D eigenvalue weighted by molar-refractivity contribution is 0.0951. The van der Waals surface area contributed by atoms with E-state index in [2.05, 4.69) is 21.5 Å². The second kappa shape index (κ2) is 8.33. The lowest BCUT2D eigenvalue weighted by atomic mass is 10.0. The number of aliphatic hydroxyl groups is 1. The molecular weight excluding hydrogens is 358 g/mol. The van der Waals surface area contributed by atoms with Crippen molar-refractivity contribution >= 4 is 5.91 Å². The summed E-state index contributed by atoms with van der Waals surface area (Å²) in [6.45, 7) is 2.25. The van der Waals surface area contributed by atoms with Gasteiger partial charge in [-0.1, -0.05) is 6.07 Å². The molecule has 0 atom stereocenters. The van der Waals surface area contributed by atoms with Crippen LogP contribution >= 0.6 is 0 Å². The van der Waals surface area contributed by atoms with E-state index in [0.717, 1.165) is 11.1 Å². The van der Waals surface area contributed by atoms with Crippen LogP contribution in [0.3, 0.4) is 0 Å². The summed E-state index contributed by atoms with van der Waals surface area (Å²) in [6.07, 6.45) is 3.41. The fourth-order valence-electron chi connectivity index (χ4n) is 2.76. The highest BCUT2D eigenvalue weighted by atomic mass is 16.3. The van der Waals surface area contributed by atoms with Crippen LogP contribution in [0.25, 0.3) is 16.9 Å². The maximum Gasteiger partial charge on any atom is 0.252 e. The third-order valence-electron chi connectivity index (χ3n) is 4.24.